The molecule has 0 bridgehead atoms. The predicted octanol–water partition coefficient (Wildman–Crippen LogP) is 5.00. The van der Waals surface area contributed by atoms with Crippen molar-refractivity contribution >= 4 is 33.9 Å². The number of thiophene rings is 1. The van der Waals surface area contributed by atoms with Gasteiger partial charge in [-0.15, -0.1) is 11.3 Å². The summed E-state index contributed by atoms with van der Waals surface area (Å²) in [6, 6.07) is 13.7. The zero-order chi connectivity index (χ0) is 13.7. The maximum absolute atomic E-state index is 3.67. The summed E-state index contributed by atoms with van der Waals surface area (Å²) in [6.07, 6.45) is 2.28. The molecule has 102 valence electrons. The second-order valence-corrected chi connectivity index (χ2v) is 7.04. The Hall–Kier alpha value is -0.390. The van der Waals surface area contributed by atoms with Crippen molar-refractivity contribution in [1.29, 1.82) is 0 Å². The Bertz CT molecular complexity index is 504. The van der Waals surface area contributed by atoms with Gasteiger partial charge in [0.05, 0.1) is 6.04 Å². The third-order valence-electron chi connectivity index (χ3n) is 3.12. The third kappa shape index (κ3) is 4.04. The molecular formula is C16H20INS. The van der Waals surface area contributed by atoms with Crippen LogP contribution in [0, 0.1) is 3.57 Å². The van der Waals surface area contributed by atoms with E-state index in [2.05, 4.69) is 78.2 Å². The molecule has 2 rings (SSSR count). The Morgan fingerprint density at radius 3 is 2.42 bits per heavy atom. The number of hydrogen-bond acceptors (Lipinski definition) is 2. The minimum Gasteiger partial charge on any atom is -0.306 e. The molecular weight excluding hydrogens is 365 g/mol. The summed E-state index contributed by atoms with van der Waals surface area (Å²) in [4.78, 5) is 2.88. The second-order valence-electron chi connectivity index (χ2n) is 4.60. The van der Waals surface area contributed by atoms with Crippen molar-refractivity contribution in [2.75, 3.05) is 6.54 Å². The summed E-state index contributed by atoms with van der Waals surface area (Å²) in [5.74, 6) is 0. The Morgan fingerprint density at radius 2 is 1.84 bits per heavy atom. The maximum atomic E-state index is 3.67. The van der Waals surface area contributed by atoms with E-state index in [-0.39, 0.29) is 0 Å². The topological polar surface area (TPSA) is 12.0 Å². The average Bonchev–Trinajstić information content (AvgIpc) is 2.90. The van der Waals surface area contributed by atoms with Crippen LogP contribution in [0.1, 0.15) is 41.6 Å². The number of halogens is 1. The van der Waals surface area contributed by atoms with Gasteiger partial charge in [-0.05, 0) is 71.8 Å². The molecule has 3 heteroatoms. The van der Waals surface area contributed by atoms with E-state index < -0.39 is 0 Å². The molecule has 0 radical (unpaired) electrons. The zero-order valence-electron chi connectivity index (χ0n) is 11.4. The highest BCUT2D eigenvalue weighted by molar-refractivity contribution is 14.1. The van der Waals surface area contributed by atoms with Gasteiger partial charge in [0.25, 0.3) is 0 Å². The Labute approximate surface area is 133 Å². The monoisotopic (exact) mass is 385 g/mol. The number of hydrogen-bond donors (Lipinski definition) is 1. The van der Waals surface area contributed by atoms with Crippen molar-refractivity contribution in [3.05, 3.63) is 55.3 Å². The van der Waals surface area contributed by atoms with Crippen molar-refractivity contribution < 1.29 is 0 Å². The fraction of sp³-hybridized carbons (Fsp3) is 0.375. The van der Waals surface area contributed by atoms with Crippen molar-refractivity contribution in [2.24, 2.45) is 0 Å². The molecule has 1 aromatic carbocycles. The largest absolute Gasteiger partial charge is 0.306 e. The molecule has 0 aliphatic carbocycles. The minimum atomic E-state index is 0.335. The first-order valence-corrected chi connectivity index (χ1v) is 8.71. The van der Waals surface area contributed by atoms with Crippen LogP contribution in [0.25, 0.3) is 0 Å². The molecule has 1 unspecified atom stereocenters. The van der Waals surface area contributed by atoms with E-state index in [9.17, 15) is 0 Å². The zero-order valence-corrected chi connectivity index (χ0v) is 14.4. The molecule has 0 aliphatic heterocycles. The van der Waals surface area contributed by atoms with Gasteiger partial charge in [-0.25, -0.2) is 0 Å². The van der Waals surface area contributed by atoms with Crippen molar-refractivity contribution in [3.8, 4) is 0 Å². The van der Waals surface area contributed by atoms with E-state index in [0.29, 0.717) is 6.04 Å². The predicted molar refractivity (Wildman–Crippen MR) is 93.0 cm³/mol. The SMILES string of the molecule is CCCNC(c1ccc(I)cc1)c1ccc(CC)s1. The van der Waals surface area contributed by atoms with Crippen LogP contribution in [-0.4, -0.2) is 6.54 Å². The molecule has 0 saturated carbocycles. The van der Waals surface area contributed by atoms with E-state index in [4.69, 9.17) is 0 Å². The Kier molecular flexibility index (Phi) is 5.85. The van der Waals surface area contributed by atoms with Gasteiger partial charge in [0.15, 0.2) is 0 Å². The highest BCUT2D eigenvalue weighted by Crippen LogP contribution is 2.29. The van der Waals surface area contributed by atoms with E-state index in [1.807, 2.05) is 11.3 Å². The molecule has 0 aliphatic rings. The van der Waals surface area contributed by atoms with E-state index in [0.717, 1.165) is 19.4 Å². The third-order valence-corrected chi connectivity index (χ3v) is 5.13. The molecule has 1 nitrogen and oxygen atoms in total. The lowest BCUT2D eigenvalue weighted by atomic mass is 10.1. The minimum absolute atomic E-state index is 0.335. The summed E-state index contributed by atoms with van der Waals surface area (Å²) in [5, 5.41) is 3.67. The molecule has 1 N–H and O–H groups in total. The van der Waals surface area contributed by atoms with Crippen LogP contribution in [0.5, 0.6) is 0 Å². The summed E-state index contributed by atoms with van der Waals surface area (Å²) in [5.41, 5.74) is 1.36. The lowest BCUT2D eigenvalue weighted by molar-refractivity contribution is 0.606. The molecule has 2 aromatic rings. The normalized spacial score (nSPS) is 12.6. The maximum Gasteiger partial charge on any atom is 0.0671 e. The molecule has 0 amide bonds. The van der Waals surface area contributed by atoms with Crippen LogP contribution in [0.3, 0.4) is 0 Å². The Morgan fingerprint density at radius 1 is 1.11 bits per heavy atom. The number of aryl methyl sites for hydroxylation is 1. The molecule has 0 fully saturated rings. The summed E-state index contributed by atoms with van der Waals surface area (Å²) < 4.78 is 1.29. The lowest BCUT2D eigenvalue weighted by Crippen LogP contribution is -2.22. The highest BCUT2D eigenvalue weighted by Gasteiger charge is 2.15. The van der Waals surface area contributed by atoms with Crippen LogP contribution in [0.4, 0.5) is 0 Å². The van der Waals surface area contributed by atoms with E-state index >= 15 is 0 Å². The Balaban J connectivity index is 2.26. The van der Waals surface area contributed by atoms with Crippen molar-refractivity contribution in [1.82, 2.24) is 5.32 Å². The van der Waals surface area contributed by atoms with Gasteiger partial charge in [-0.2, -0.15) is 0 Å². The molecule has 19 heavy (non-hydrogen) atoms. The fourth-order valence-electron chi connectivity index (χ4n) is 2.07. The van der Waals surface area contributed by atoms with Gasteiger partial charge in [0.2, 0.25) is 0 Å². The average molecular weight is 385 g/mol. The van der Waals surface area contributed by atoms with E-state index in [1.165, 1.54) is 18.9 Å². The van der Waals surface area contributed by atoms with Gasteiger partial charge in [0.1, 0.15) is 0 Å². The van der Waals surface area contributed by atoms with Crippen molar-refractivity contribution in [2.45, 2.75) is 32.7 Å². The second kappa shape index (κ2) is 7.41. The van der Waals surface area contributed by atoms with Crippen LogP contribution in [-0.2, 0) is 6.42 Å². The molecule has 1 atom stereocenters. The first-order chi connectivity index (χ1) is 9.24. The highest BCUT2D eigenvalue weighted by atomic mass is 127. The van der Waals surface area contributed by atoms with E-state index in [1.54, 1.807) is 0 Å². The van der Waals surface area contributed by atoms with Gasteiger partial charge in [0, 0.05) is 13.3 Å². The first kappa shape index (κ1) is 15.0. The van der Waals surface area contributed by atoms with Gasteiger partial charge in [-0.1, -0.05) is 26.0 Å². The quantitative estimate of drug-likeness (QED) is 0.690. The van der Waals surface area contributed by atoms with Gasteiger partial charge in [-0.3, -0.25) is 0 Å². The summed E-state index contributed by atoms with van der Waals surface area (Å²) in [6.45, 7) is 5.48. The first-order valence-electron chi connectivity index (χ1n) is 6.82. The molecule has 0 saturated heterocycles. The summed E-state index contributed by atoms with van der Waals surface area (Å²) >= 11 is 4.28. The molecule has 1 heterocycles. The van der Waals surface area contributed by atoms with Crippen LogP contribution in [0.15, 0.2) is 36.4 Å². The number of rotatable bonds is 6. The van der Waals surface area contributed by atoms with Crippen LogP contribution >= 0.6 is 33.9 Å². The van der Waals surface area contributed by atoms with Crippen LogP contribution in [0.2, 0.25) is 0 Å². The van der Waals surface area contributed by atoms with Crippen molar-refractivity contribution in [3.63, 3.8) is 0 Å². The number of benzene rings is 1. The molecule has 0 spiro atoms. The van der Waals surface area contributed by atoms with Gasteiger partial charge < -0.3 is 5.32 Å². The standard InChI is InChI=1S/C16H20INS/c1-3-11-18-16(12-5-7-13(17)8-6-12)15-10-9-14(4-2)19-15/h5-10,16,18H,3-4,11H2,1-2H3. The van der Waals surface area contributed by atoms with Gasteiger partial charge >= 0.3 is 0 Å². The fourth-order valence-corrected chi connectivity index (χ4v) is 3.48. The van der Waals surface area contributed by atoms with Crippen LogP contribution < -0.4 is 5.32 Å². The summed E-state index contributed by atoms with van der Waals surface area (Å²) in [7, 11) is 0. The molecule has 1 aromatic heterocycles. The smallest absolute Gasteiger partial charge is 0.0671 e. The number of nitrogens with one attached hydrogen (secondary N) is 1. The lowest BCUT2D eigenvalue weighted by Gasteiger charge is -2.17.